The second kappa shape index (κ2) is 9.37. The molecule has 0 bridgehead atoms. The van der Waals surface area contributed by atoms with E-state index in [0.717, 1.165) is 37.2 Å². The summed E-state index contributed by atoms with van der Waals surface area (Å²) in [5.74, 6) is 1.32. The number of nitrogens with zero attached hydrogens (tertiary/aromatic N) is 2. The van der Waals surface area contributed by atoms with Gasteiger partial charge in [0.05, 0.1) is 13.4 Å². The second-order valence-electron chi connectivity index (χ2n) is 7.10. The SMILES string of the molecule is COc1cccc(CCN(CCC(=O)N2CCCC(C)C2)S(C)(=O)=O)c1. The molecule has 0 N–H and O–H groups in total. The molecule has 0 radical (unpaired) electrons. The van der Waals surface area contributed by atoms with Crippen molar-refractivity contribution in [2.24, 2.45) is 5.92 Å². The van der Waals surface area contributed by atoms with E-state index in [1.54, 1.807) is 7.11 Å². The van der Waals surface area contributed by atoms with Gasteiger partial charge >= 0.3 is 0 Å². The van der Waals surface area contributed by atoms with Gasteiger partial charge in [0.2, 0.25) is 15.9 Å². The zero-order chi connectivity index (χ0) is 19.2. The molecular formula is C19H30N2O4S. The molecule has 1 amide bonds. The van der Waals surface area contributed by atoms with Crippen LogP contribution in [0.15, 0.2) is 24.3 Å². The van der Waals surface area contributed by atoms with Crippen LogP contribution in [0.2, 0.25) is 0 Å². The highest BCUT2D eigenvalue weighted by atomic mass is 32.2. The summed E-state index contributed by atoms with van der Waals surface area (Å²) in [4.78, 5) is 14.3. The maximum atomic E-state index is 12.4. The van der Waals surface area contributed by atoms with Gasteiger partial charge in [0.15, 0.2) is 0 Å². The normalized spacial score (nSPS) is 18.2. The Morgan fingerprint density at radius 3 is 2.77 bits per heavy atom. The van der Waals surface area contributed by atoms with E-state index in [0.29, 0.717) is 18.9 Å². The zero-order valence-electron chi connectivity index (χ0n) is 16.0. The average Bonchev–Trinajstić information content (AvgIpc) is 2.60. The van der Waals surface area contributed by atoms with E-state index < -0.39 is 10.0 Å². The molecular weight excluding hydrogens is 352 g/mol. The quantitative estimate of drug-likeness (QED) is 0.691. The van der Waals surface area contributed by atoms with Crippen LogP contribution in [0.5, 0.6) is 5.75 Å². The Labute approximate surface area is 157 Å². The van der Waals surface area contributed by atoms with Crippen molar-refractivity contribution in [3.05, 3.63) is 29.8 Å². The lowest BCUT2D eigenvalue weighted by Gasteiger charge is -2.31. The third-order valence-corrected chi connectivity index (χ3v) is 6.14. The highest BCUT2D eigenvalue weighted by Crippen LogP contribution is 2.17. The molecule has 1 aliphatic rings. The average molecular weight is 383 g/mol. The summed E-state index contributed by atoms with van der Waals surface area (Å²) in [6.45, 7) is 4.30. The van der Waals surface area contributed by atoms with Gasteiger partial charge in [0.25, 0.3) is 0 Å². The summed E-state index contributed by atoms with van der Waals surface area (Å²) in [5, 5.41) is 0. The Morgan fingerprint density at radius 1 is 1.35 bits per heavy atom. The van der Waals surface area contributed by atoms with Crippen LogP contribution in [0.3, 0.4) is 0 Å². The molecule has 7 heteroatoms. The number of hydrogen-bond donors (Lipinski definition) is 0. The van der Waals surface area contributed by atoms with Crippen LogP contribution in [0.1, 0.15) is 31.7 Å². The molecule has 1 unspecified atom stereocenters. The summed E-state index contributed by atoms with van der Waals surface area (Å²) >= 11 is 0. The largest absolute Gasteiger partial charge is 0.497 e. The zero-order valence-corrected chi connectivity index (χ0v) is 16.8. The first-order valence-corrected chi connectivity index (χ1v) is 11.0. The first-order valence-electron chi connectivity index (χ1n) is 9.15. The molecule has 6 nitrogen and oxygen atoms in total. The molecule has 1 atom stereocenters. The molecule has 0 spiro atoms. The van der Waals surface area contributed by atoms with E-state index in [-0.39, 0.29) is 18.9 Å². The predicted molar refractivity (Wildman–Crippen MR) is 103 cm³/mol. The molecule has 26 heavy (non-hydrogen) atoms. The summed E-state index contributed by atoms with van der Waals surface area (Å²) in [5.41, 5.74) is 1.01. The van der Waals surface area contributed by atoms with Gasteiger partial charge in [-0.15, -0.1) is 0 Å². The van der Waals surface area contributed by atoms with Gasteiger partial charge in [-0.2, -0.15) is 0 Å². The lowest BCUT2D eigenvalue weighted by atomic mass is 10.00. The Balaban J connectivity index is 1.91. The lowest BCUT2D eigenvalue weighted by Crippen LogP contribution is -2.41. The number of hydrogen-bond acceptors (Lipinski definition) is 4. The van der Waals surface area contributed by atoms with Crippen LogP contribution in [0.25, 0.3) is 0 Å². The Hall–Kier alpha value is -1.60. The predicted octanol–water partition coefficient (Wildman–Crippen LogP) is 2.15. The summed E-state index contributed by atoms with van der Waals surface area (Å²) in [7, 11) is -1.75. The van der Waals surface area contributed by atoms with E-state index in [2.05, 4.69) is 6.92 Å². The molecule has 146 valence electrons. The summed E-state index contributed by atoms with van der Waals surface area (Å²) < 4.78 is 30.8. The van der Waals surface area contributed by atoms with Crippen molar-refractivity contribution in [3.8, 4) is 5.75 Å². The minimum absolute atomic E-state index is 0.0478. The first kappa shape index (κ1) is 20.7. The van der Waals surface area contributed by atoms with Gasteiger partial charge in [-0.25, -0.2) is 12.7 Å². The van der Waals surface area contributed by atoms with Crippen molar-refractivity contribution in [2.45, 2.75) is 32.6 Å². The van der Waals surface area contributed by atoms with E-state index in [9.17, 15) is 13.2 Å². The summed E-state index contributed by atoms with van der Waals surface area (Å²) in [6, 6.07) is 7.60. The fourth-order valence-electron chi connectivity index (χ4n) is 3.32. The van der Waals surface area contributed by atoms with E-state index in [1.807, 2.05) is 29.2 Å². The van der Waals surface area contributed by atoms with Gasteiger partial charge in [-0.3, -0.25) is 4.79 Å². The second-order valence-corrected chi connectivity index (χ2v) is 9.08. The monoisotopic (exact) mass is 382 g/mol. The number of ether oxygens (including phenoxy) is 1. The fourth-order valence-corrected chi connectivity index (χ4v) is 4.17. The topological polar surface area (TPSA) is 66.9 Å². The molecule has 1 fully saturated rings. The minimum Gasteiger partial charge on any atom is -0.497 e. The number of methoxy groups -OCH3 is 1. The number of carbonyl (C=O) groups is 1. The lowest BCUT2D eigenvalue weighted by molar-refractivity contribution is -0.133. The molecule has 1 saturated heterocycles. The van der Waals surface area contributed by atoms with Gasteiger partial charge in [-0.1, -0.05) is 19.1 Å². The van der Waals surface area contributed by atoms with Crippen LogP contribution >= 0.6 is 0 Å². The van der Waals surface area contributed by atoms with E-state index in [4.69, 9.17) is 4.74 Å². The van der Waals surface area contributed by atoms with Gasteiger partial charge in [-0.05, 0) is 42.9 Å². The van der Waals surface area contributed by atoms with Crippen molar-refractivity contribution in [1.82, 2.24) is 9.21 Å². The van der Waals surface area contributed by atoms with Crippen molar-refractivity contribution in [3.63, 3.8) is 0 Å². The number of carbonyl (C=O) groups excluding carboxylic acids is 1. The van der Waals surface area contributed by atoms with Gasteiger partial charge in [0.1, 0.15) is 5.75 Å². The van der Waals surface area contributed by atoms with Crippen molar-refractivity contribution in [1.29, 1.82) is 0 Å². The molecule has 1 aliphatic heterocycles. The van der Waals surface area contributed by atoms with Crippen LogP contribution in [-0.4, -0.2) is 63.1 Å². The van der Waals surface area contributed by atoms with Crippen LogP contribution < -0.4 is 4.74 Å². The molecule has 1 aromatic rings. The number of amides is 1. The van der Waals surface area contributed by atoms with Crippen LogP contribution in [-0.2, 0) is 21.2 Å². The number of likely N-dealkylation sites (tertiary alicyclic amines) is 1. The van der Waals surface area contributed by atoms with Gasteiger partial charge in [0, 0.05) is 32.6 Å². The van der Waals surface area contributed by atoms with E-state index >= 15 is 0 Å². The Kier molecular flexibility index (Phi) is 7.46. The molecule has 0 saturated carbocycles. The highest BCUT2D eigenvalue weighted by molar-refractivity contribution is 7.88. The maximum Gasteiger partial charge on any atom is 0.223 e. The van der Waals surface area contributed by atoms with Crippen LogP contribution in [0, 0.1) is 5.92 Å². The fraction of sp³-hybridized carbons (Fsp3) is 0.632. The molecule has 0 aliphatic carbocycles. The molecule has 1 aromatic carbocycles. The first-order chi connectivity index (χ1) is 12.3. The molecule has 0 aromatic heterocycles. The number of benzene rings is 1. The van der Waals surface area contributed by atoms with Crippen molar-refractivity contribution >= 4 is 15.9 Å². The number of sulfonamides is 1. The van der Waals surface area contributed by atoms with Gasteiger partial charge < -0.3 is 9.64 Å². The molecule has 1 heterocycles. The smallest absolute Gasteiger partial charge is 0.223 e. The van der Waals surface area contributed by atoms with Crippen LogP contribution in [0.4, 0.5) is 0 Å². The van der Waals surface area contributed by atoms with Crippen molar-refractivity contribution in [2.75, 3.05) is 39.5 Å². The van der Waals surface area contributed by atoms with Crippen molar-refractivity contribution < 1.29 is 17.9 Å². The Morgan fingerprint density at radius 2 is 2.12 bits per heavy atom. The summed E-state index contributed by atoms with van der Waals surface area (Å²) in [6.07, 6.45) is 4.20. The number of rotatable bonds is 8. The van der Waals surface area contributed by atoms with E-state index in [1.165, 1.54) is 10.6 Å². The number of piperidine rings is 1. The Bertz CT molecular complexity index is 705. The molecule has 2 rings (SSSR count). The minimum atomic E-state index is -3.36. The maximum absolute atomic E-state index is 12.4. The standard InChI is InChI=1S/C19H30N2O4S/c1-16-6-5-11-20(15-16)19(22)10-13-21(26(3,23)24)12-9-17-7-4-8-18(14-17)25-2/h4,7-8,14,16H,5-6,9-13,15H2,1-3H3. The third kappa shape index (κ3) is 6.29. The highest BCUT2D eigenvalue weighted by Gasteiger charge is 2.23. The third-order valence-electron chi connectivity index (χ3n) is 4.84.